The first kappa shape index (κ1) is 18.0. The fourth-order valence-corrected chi connectivity index (χ4v) is 3.29. The van der Waals surface area contributed by atoms with Gasteiger partial charge in [-0.25, -0.2) is 4.79 Å². The monoisotopic (exact) mass is 347 g/mol. The van der Waals surface area contributed by atoms with Crippen LogP contribution in [0.4, 0.5) is 4.79 Å². The van der Waals surface area contributed by atoms with Crippen LogP contribution in [0.3, 0.4) is 0 Å². The number of ether oxygens (including phenoxy) is 1. The van der Waals surface area contributed by atoms with Crippen LogP contribution in [0.25, 0.3) is 17.7 Å². The van der Waals surface area contributed by atoms with Gasteiger partial charge in [0.2, 0.25) is 0 Å². The molecule has 2 aromatic rings. The van der Waals surface area contributed by atoms with Gasteiger partial charge >= 0.3 is 6.09 Å². The molecule has 0 aromatic heterocycles. The van der Waals surface area contributed by atoms with Crippen molar-refractivity contribution in [1.29, 1.82) is 0 Å². The summed E-state index contributed by atoms with van der Waals surface area (Å²) in [4.78, 5) is 13.4. The summed E-state index contributed by atoms with van der Waals surface area (Å²) >= 11 is 0. The van der Waals surface area contributed by atoms with Crippen molar-refractivity contribution < 1.29 is 9.53 Å². The lowest BCUT2D eigenvalue weighted by atomic mass is 9.91. The van der Waals surface area contributed by atoms with Crippen LogP contribution < -0.4 is 0 Å². The van der Waals surface area contributed by atoms with Gasteiger partial charge < -0.3 is 9.64 Å². The molecule has 3 rings (SSSR count). The highest BCUT2D eigenvalue weighted by molar-refractivity contribution is 5.94. The zero-order valence-electron chi connectivity index (χ0n) is 15.7. The third-order valence-electron chi connectivity index (χ3n) is 4.69. The molecule has 0 bridgehead atoms. The number of fused-ring (bicyclic) bond motifs is 2. The van der Waals surface area contributed by atoms with Gasteiger partial charge in [0, 0.05) is 13.6 Å². The molecule has 3 heteroatoms. The first-order valence-electron chi connectivity index (χ1n) is 9.07. The summed E-state index contributed by atoms with van der Waals surface area (Å²) < 4.78 is 5.05. The summed E-state index contributed by atoms with van der Waals surface area (Å²) in [7, 11) is 1.77. The summed E-state index contributed by atoms with van der Waals surface area (Å²) in [5, 5.41) is 0. The molecule has 0 saturated carbocycles. The highest BCUT2D eigenvalue weighted by Gasteiger charge is 2.16. The number of rotatable bonds is 4. The Morgan fingerprint density at radius 2 is 1.85 bits per heavy atom. The molecular weight excluding hydrogens is 322 g/mol. The highest BCUT2D eigenvalue weighted by atomic mass is 16.5. The van der Waals surface area contributed by atoms with Crippen LogP contribution in [0.5, 0.6) is 0 Å². The van der Waals surface area contributed by atoms with Crippen LogP contribution >= 0.6 is 0 Å². The highest BCUT2D eigenvalue weighted by Crippen LogP contribution is 2.35. The molecule has 3 nitrogen and oxygen atoms in total. The Kier molecular flexibility index (Phi) is 5.57. The van der Waals surface area contributed by atoms with Gasteiger partial charge in [-0.15, -0.1) is 0 Å². The minimum atomic E-state index is -0.273. The van der Waals surface area contributed by atoms with E-state index in [4.69, 9.17) is 4.74 Å². The number of benzene rings is 2. The number of carbonyl (C=O) groups excluding carboxylic acids is 1. The van der Waals surface area contributed by atoms with E-state index in [9.17, 15) is 4.79 Å². The molecule has 2 aromatic carbocycles. The molecule has 0 radical (unpaired) electrons. The average molecular weight is 347 g/mol. The lowest BCUT2D eigenvalue weighted by molar-refractivity contribution is 0.117. The van der Waals surface area contributed by atoms with E-state index >= 15 is 0 Å². The Labute approximate surface area is 155 Å². The van der Waals surface area contributed by atoms with Gasteiger partial charge in [-0.3, -0.25) is 0 Å². The number of hydrogen-bond acceptors (Lipinski definition) is 2. The van der Waals surface area contributed by atoms with Crippen molar-refractivity contribution in [3.63, 3.8) is 0 Å². The van der Waals surface area contributed by atoms with Crippen molar-refractivity contribution in [2.45, 2.75) is 20.3 Å². The fourth-order valence-electron chi connectivity index (χ4n) is 3.29. The standard InChI is InChI=1S/C23H25NO2/c1-4-26-23(25)24(3)16-8-13-22-20-11-6-5-10-18(20)14-15-19-17(2)9-7-12-21(19)22/h5-7,9-15H,4,8,16H2,1-3H3. The first-order chi connectivity index (χ1) is 12.6. The van der Waals surface area contributed by atoms with Crippen LogP contribution in [0, 0.1) is 6.92 Å². The second kappa shape index (κ2) is 8.05. The second-order valence-electron chi connectivity index (χ2n) is 6.48. The van der Waals surface area contributed by atoms with Crippen molar-refractivity contribution in [2.24, 2.45) is 0 Å². The van der Waals surface area contributed by atoms with E-state index in [-0.39, 0.29) is 6.09 Å². The Hall–Kier alpha value is -2.81. The predicted octanol–water partition coefficient (Wildman–Crippen LogP) is 5.39. The SMILES string of the molecule is CCOC(=O)N(C)CCC=C1c2ccccc2C=Cc2c(C)cccc21. The molecule has 0 fully saturated rings. The second-order valence-corrected chi connectivity index (χ2v) is 6.48. The maximum Gasteiger partial charge on any atom is 0.409 e. The van der Waals surface area contributed by atoms with Gasteiger partial charge in [0.15, 0.2) is 0 Å². The average Bonchev–Trinajstić information content (AvgIpc) is 2.80. The maximum absolute atomic E-state index is 11.8. The first-order valence-corrected chi connectivity index (χ1v) is 9.07. The van der Waals surface area contributed by atoms with Crippen molar-refractivity contribution in [3.8, 4) is 0 Å². The van der Waals surface area contributed by atoms with E-state index in [1.54, 1.807) is 11.9 Å². The summed E-state index contributed by atoms with van der Waals surface area (Å²) in [6.07, 6.45) is 7.12. The van der Waals surface area contributed by atoms with Gasteiger partial charge in [-0.2, -0.15) is 0 Å². The van der Waals surface area contributed by atoms with Crippen molar-refractivity contribution in [1.82, 2.24) is 4.90 Å². The summed E-state index contributed by atoms with van der Waals surface area (Å²) in [5.41, 5.74) is 7.43. The molecule has 134 valence electrons. The molecule has 0 N–H and O–H groups in total. The summed E-state index contributed by atoms with van der Waals surface area (Å²) in [6.45, 7) is 4.99. The molecule has 1 aliphatic rings. The molecule has 1 aliphatic carbocycles. The number of amides is 1. The van der Waals surface area contributed by atoms with Gasteiger partial charge in [0.05, 0.1) is 6.61 Å². The van der Waals surface area contributed by atoms with E-state index in [1.165, 1.54) is 33.4 Å². The minimum Gasteiger partial charge on any atom is -0.450 e. The molecule has 0 heterocycles. The molecule has 0 unspecified atom stereocenters. The number of aryl methyl sites for hydroxylation is 1. The lowest BCUT2D eigenvalue weighted by Crippen LogP contribution is -2.28. The molecular formula is C23H25NO2. The Bertz CT molecular complexity index is 864. The number of hydrogen-bond donors (Lipinski definition) is 0. The van der Waals surface area contributed by atoms with Crippen molar-refractivity contribution in [2.75, 3.05) is 20.2 Å². The summed E-state index contributed by atoms with van der Waals surface area (Å²) in [5.74, 6) is 0. The van der Waals surface area contributed by atoms with Crippen LogP contribution in [-0.4, -0.2) is 31.2 Å². The maximum atomic E-state index is 11.8. The quantitative estimate of drug-likeness (QED) is 0.633. The van der Waals surface area contributed by atoms with Crippen LogP contribution in [-0.2, 0) is 4.74 Å². The molecule has 0 atom stereocenters. The normalized spacial score (nSPS) is 13.7. The fraction of sp³-hybridized carbons (Fsp3) is 0.261. The third-order valence-corrected chi connectivity index (χ3v) is 4.69. The number of nitrogens with zero attached hydrogens (tertiary/aromatic N) is 1. The topological polar surface area (TPSA) is 29.5 Å². The van der Waals surface area contributed by atoms with Gasteiger partial charge in [-0.05, 0) is 53.7 Å². The van der Waals surface area contributed by atoms with E-state index in [0.29, 0.717) is 13.2 Å². The van der Waals surface area contributed by atoms with E-state index < -0.39 is 0 Å². The zero-order chi connectivity index (χ0) is 18.5. The smallest absolute Gasteiger partial charge is 0.409 e. The molecule has 0 spiro atoms. The predicted molar refractivity (Wildman–Crippen MR) is 108 cm³/mol. The Balaban J connectivity index is 1.94. The number of carbonyl (C=O) groups is 1. The van der Waals surface area contributed by atoms with Gasteiger partial charge in [0.25, 0.3) is 0 Å². The van der Waals surface area contributed by atoms with Crippen molar-refractivity contribution >= 4 is 23.8 Å². The van der Waals surface area contributed by atoms with E-state index in [2.05, 4.69) is 67.6 Å². The Morgan fingerprint density at radius 3 is 2.65 bits per heavy atom. The molecule has 0 aliphatic heterocycles. The van der Waals surface area contributed by atoms with Crippen LogP contribution in [0.15, 0.2) is 48.5 Å². The molecule has 1 amide bonds. The molecule has 26 heavy (non-hydrogen) atoms. The zero-order valence-corrected chi connectivity index (χ0v) is 15.7. The minimum absolute atomic E-state index is 0.273. The van der Waals surface area contributed by atoms with Crippen molar-refractivity contribution in [3.05, 3.63) is 76.4 Å². The van der Waals surface area contributed by atoms with Crippen LogP contribution in [0.2, 0.25) is 0 Å². The van der Waals surface area contributed by atoms with Gasteiger partial charge in [-0.1, -0.05) is 60.7 Å². The molecule has 0 saturated heterocycles. The Morgan fingerprint density at radius 1 is 1.08 bits per heavy atom. The summed E-state index contributed by atoms with van der Waals surface area (Å²) in [6, 6.07) is 14.9. The largest absolute Gasteiger partial charge is 0.450 e. The van der Waals surface area contributed by atoms with Gasteiger partial charge in [0.1, 0.15) is 0 Å². The van der Waals surface area contributed by atoms with E-state index in [0.717, 1.165) is 6.42 Å². The third kappa shape index (κ3) is 3.72. The van der Waals surface area contributed by atoms with Crippen LogP contribution in [0.1, 0.15) is 41.2 Å². The lowest BCUT2D eigenvalue weighted by Gasteiger charge is -2.17. The van der Waals surface area contributed by atoms with E-state index in [1.807, 2.05) is 6.92 Å².